The second-order valence-corrected chi connectivity index (χ2v) is 5.90. The zero-order chi connectivity index (χ0) is 13.6. The molecule has 0 aromatic rings. The molecule has 1 rings (SSSR count). The Morgan fingerprint density at radius 1 is 1.17 bits per heavy atom. The lowest BCUT2D eigenvalue weighted by molar-refractivity contribution is -0.123. The highest BCUT2D eigenvalue weighted by Gasteiger charge is 2.28. The number of aliphatic hydroxyl groups is 1. The molecule has 0 radical (unpaired) electrons. The van der Waals surface area contributed by atoms with E-state index in [4.69, 9.17) is 0 Å². The van der Waals surface area contributed by atoms with E-state index in [1.807, 2.05) is 20.8 Å². The molecule has 1 aliphatic carbocycles. The van der Waals surface area contributed by atoms with E-state index in [2.05, 4.69) is 10.6 Å². The molecule has 0 aromatic carbocycles. The van der Waals surface area contributed by atoms with Crippen molar-refractivity contribution in [1.82, 2.24) is 10.6 Å². The van der Waals surface area contributed by atoms with E-state index in [9.17, 15) is 9.90 Å². The third kappa shape index (κ3) is 5.36. The lowest BCUT2D eigenvalue weighted by atomic mass is 9.94. The molecule has 1 aliphatic rings. The highest BCUT2D eigenvalue weighted by molar-refractivity contribution is 5.81. The van der Waals surface area contributed by atoms with Crippen LogP contribution < -0.4 is 10.6 Å². The smallest absolute Gasteiger partial charge is 0.237 e. The van der Waals surface area contributed by atoms with Crippen molar-refractivity contribution in [1.29, 1.82) is 0 Å². The third-order valence-corrected chi connectivity index (χ3v) is 3.60. The summed E-state index contributed by atoms with van der Waals surface area (Å²) in [6, 6.07) is -0.0950. The molecule has 1 atom stereocenters. The van der Waals surface area contributed by atoms with Crippen molar-refractivity contribution in [2.45, 2.75) is 77.0 Å². The molecule has 3 N–H and O–H groups in total. The normalized spacial score (nSPS) is 21.4. The van der Waals surface area contributed by atoms with Gasteiger partial charge in [-0.2, -0.15) is 0 Å². The molecule has 0 heterocycles. The van der Waals surface area contributed by atoms with Gasteiger partial charge in [0.05, 0.1) is 11.6 Å². The Labute approximate surface area is 111 Å². The van der Waals surface area contributed by atoms with Gasteiger partial charge >= 0.3 is 0 Å². The fraction of sp³-hybridized carbons (Fsp3) is 0.929. The minimum atomic E-state index is -0.622. The van der Waals surface area contributed by atoms with Gasteiger partial charge in [-0.3, -0.25) is 4.79 Å². The van der Waals surface area contributed by atoms with Gasteiger partial charge in [-0.1, -0.05) is 25.7 Å². The van der Waals surface area contributed by atoms with Gasteiger partial charge in [-0.25, -0.2) is 0 Å². The molecule has 0 saturated heterocycles. The summed E-state index contributed by atoms with van der Waals surface area (Å²) in [5.74, 6) is 0.00206. The number of hydrogen-bond donors (Lipinski definition) is 3. The van der Waals surface area contributed by atoms with Crippen LogP contribution in [-0.4, -0.2) is 35.2 Å². The van der Waals surface area contributed by atoms with Crippen LogP contribution in [0.15, 0.2) is 0 Å². The van der Waals surface area contributed by atoms with Crippen molar-refractivity contribution in [2.24, 2.45) is 0 Å². The summed E-state index contributed by atoms with van der Waals surface area (Å²) in [6.45, 7) is 6.25. The Bertz CT molecular complexity index is 259. The molecule has 106 valence electrons. The molecular weight excluding hydrogens is 228 g/mol. The van der Waals surface area contributed by atoms with Gasteiger partial charge in [0.2, 0.25) is 5.91 Å². The van der Waals surface area contributed by atoms with Crippen molar-refractivity contribution < 1.29 is 9.90 Å². The number of carbonyl (C=O) groups excluding carboxylic acids is 1. The lowest BCUT2D eigenvalue weighted by Crippen LogP contribution is -2.50. The number of amides is 1. The van der Waals surface area contributed by atoms with Gasteiger partial charge in [0.25, 0.3) is 0 Å². The lowest BCUT2D eigenvalue weighted by Gasteiger charge is -2.28. The van der Waals surface area contributed by atoms with Crippen molar-refractivity contribution in [3.8, 4) is 0 Å². The van der Waals surface area contributed by atoms with Gasteiger partial charge in [0, 0.05) is 12.6 Å². The average molecular weight is 256 g/mol. The number of nitrogens with one attached hydrogen (secondary N) is 2. The first-order valence-corrected chi connectivity index (χ1v) is 7.19. The van der Waals surface area contributed by atoms with Gasteiger partial charge < -0.3 is 15.7 Å². The van der Waals surface area contributed by atoms with Gasteiger partial charge in [0.15, 0.2) is 0 Å². The zero-order valence-corrected chi connectivity index (χ0v) is 12.0. The van der Waals surface area contributed by atoms with Crippen molar-refractivity contribution in [2.75, 3.05) is 6.54 Å². The SMILES string of the molecule is CC(C)NC(=O)C(C)NCC1(O)CCCCCC1. The number of rotatable bonds is 5. The van der Waals surface area contributed by atoms with E-state index >= 15 is 0 Å². The summed E-state index contributed by atoms with van der Waals surface area (Å²) >= 11 is 0. The standard InChI is InChI=1S/C14H28N2O2/c1-11(2)16-13(17)12(3)15-10-14(18)8-6-4-5-7-9-14/h11-12,15,18H,4-10H2,1-3H3,(H,16,17). The van der Waals surface area contributed by atoms with Crippen LogP contribution in [0.3, 0.4) is 0 Å². The topological polar surface area (TPSA) is 61.4 Å². The molecule has 0 spiro atoms. The maximum atomic E-state index is 11.7. The Morgan fingerprint density at radius 3 is 2.22 bits per heavy atom. The van der Waals surface area contributed by atoms with Gasteiger partial charge in [-0.05, 0) is 33.6 Å². The zero-order valence-electron chi connectivity index (χ0n) is 12.0. The van der Waals surface area contributed by atoms with E-state index in [0.29, 0.717) is 6.54 Å². The highest BCUT2D eigenvalue weighted by atomic mass is 16.3. The third-order valence-electron chi connectivity index (χ3n) is 3.60. The highest BCUT2D eigenvalue weighted by Crippen LogP contribution is 2.26. The monoisotopic (exact) mass is 256 g/mol. The minimum Gasteiger partial charge on any atom is -0.389 e. The average Bonchev–Trinajstić information content (AvgIpc) is 2.51. The summed E-state index contributed by atoms with van der Waals surface area (Å²) in [4.78, 5) is 11.7. The Morgan fingerprint density at radius 2 is 1.72 bits per heavy atom. The molecule has 0 aromatic heterocycles. The van der Waals surface area contributed by atoms with Crippen LogP contribution in [-0.2, 0) is 4.79 Å². The fourth-order valence-electron chi connectivity index (χ4n) is 2.41. The van der Waals surface area contributed by atoms with Crippen molar-refractivity contribution >= 4 is 5.91 Å². The summed E-state index contributed by atoms with van der Waals surface area (Å²) in [6.07, 6.45) is 6.30. The first-order valence-electron chi connectivity index (χ1n) is 7.19. The molecule has 0 bridgehead atoms. The molecule has 4 nitrogen and oxygen atoms in total. The van der Waals surface area contributed by atoms with E-state index in [-0.39, 0.29) is 18.0 Å². The van der Waals surface area contributed by atoms with Crippen LogP contribution in [0.25, 0.3) is 0 Å². The van der Waals surface area contributed by atoms with Gasteiger partial charge in [0.1, 0.15) is 0 Å². The Hall–Kier alpha value is -0.610. The fourth-order valence-corrected chi connectivity index (χ4v) is 2.41. The molecule has 1 saturated carbocycles. The van der Waals surface area contributed by atoms with E-state index in [1.54, 1.807) is 0 Å². The predicted molar refractivity (Wildman–Crippen MR) is 73.4 cm³/mol. The van der Waals surface area contributed by atoms with Crippen LogP contribution in [0.2, 0.25) is 0 Å². The van der Waals surface area contributed by atoms with Crippen LogP contribution >= 0.6 is 0 Å². The second-order valence-electron chi connectivity index (χ2n) is 5.90. The second kappa shape index (κ2) is 7.10. The summed E-state index contributed by atoms with van der Waals surface area (Å²) in [7, 11) is 0. The summed E-state index contributed by atoms with van der Waals surface area (Å²) < 4.78 is 0. The largest absolute Gasteiger partial charge is 0.389 e. The quantitative estimate of drug-likeness (QED) is 0.654. The number of carbonyl (C=O) groups is 1. The van der Waals surface area contributed by atoms with Gasteiger partial charge in [-0.15, -0.1) is 0 Å². The molecule has 1 amide bonds. The van der Waals surface area contributed by atoms with E-state index in [1.165, 1.54) is 12.8 Å². The molecule has 4 heteroatoms. The predicted octanol–water partition coefficient (Wildman–Crippen LogP) is 1.57. The maximum absolute atomic E-state index is 11.7. The molecule has 18 heavy (non-hydrogen) atoms. The van der Waals surface area contributed by atoms with Crippen LogP contribution in [0, 0.1) is 0 Å². The minimum absolute atomic E-state index is 0.00206. The Kier molecular flexibility index (Phi) is 6.09. The van der Waals surface area contributed by atoms with E-state index in [0.717, 1.165) is 25.7 Å². The van der Waals surface area contributed by atoms with Crippen molar-refractivity contribution in [3.05, 3.63) is 0 Å². The van der Waals surface area contributed by atoms with Crippen LogP contribution in [0.4, 0.5) is 0 Å². The molecule has 0 aliphatic heterocycles. The molecule has 1 fully saturated rings. The molecule has 1 unspecified atom stereocenters. The first-order chi connectivity index (χ1) is 8.43. The molecular formula is C14H28N2O2. The van der Waals surface area contributed by atoms with E-state index < -0.39 is 5.60 Å². The first kappa shape index (κ1) is 15.4. The summed E-state index contributed by atoms with van der Waals surface area (Å²) in [5, 5.41) is 16.5. The van der Waals surface area contributed by atoms with Crippen molar-refractivity contribution in [3.63, 3.8) is 0 Å². The number of hydrogen-bond acceptors (Lipinski definition) is 3. The summed E-state index contributed by atoms with van der Waals surface area (Å²) in [5.41, 5.74) is -0.622. The van der Waals surface area contributed by atoms with Crippen LogP contribution in [0.1, 0.15) is 59.3 Å². The Balaban J connectivity index is 2.36. The van der Waals surface area contributed by atoms with Crippen LogP contribution in [0.5, 0.6) is 0 Å². The maximum Gasteiger partial charge on any atom is 0.237 e.